The van der Waals surface area contributed by atoms with Gasteiger partial charge in [0.15, 0.2) is 0 Å². The quantitative estimate of drug-likeness (QED) is 0.669. The summed E-state index contributed by atoms with van der Waals surface area (Å²) in [6.45, 7) is 2.23. The van der Waals surface area contributed by atoms with E-state index in [0.717, 1.165) is 5.56 Å². The van der Waals surface area contributed by atoms with Crippen molar-refractivity contribution in [3.8, 4) is 0 Å². The number of hydrogen-bond donors (Lipinski definition) is 3. The number of nitrogens with zero attached hydrogens (tertiary/aromatic N) is 1. The van der Waals surface area contributed by atoms with Crippen LogP contribution in [0.15, 0.2) is 48.5 Å². The number of hydrogen-bond acceptors (Lipinski definition) is 5. The van der Waals surface area contributed by atoms with Crippen molar-refractivity contribution in [1.29, 1.82) is 0 Å². The Balaban J connectivity index is 1.72. The van der Waals surface area contributed by atoms with Crippen molar-refractivity contribution < 1.29 is 19.1 Å². The Hall–Kier alpha value is -3.55. The van der Waals surface area contributed by atoms with E-state index in [1.807, 2.05) is 30.3 Å². The molecule has 0 radical (unpaired) electrons. The fraction of sp³-hybridized carbons (Fsp3) is 0.286. The van der Waals surface area contributed by atoms with Crippen LogP contribution >= 0.6 is 0 Å². The van der Waals surface area contributed by atoms with E-state index in [-0.39, 0.29) is 23.5 Å². The third kappa shape index (κ3) is 4.16. The van der Waals surface area contributed by atoms with Gasteiger partial charge in [-0.15, -0.1) is 0 Å². The Bertz CT molecular complexity index is 932. The lowest BCUT2D eigenvalue weighted by Gasteiger charge is -2.33. The first-order valence-corrected chi connectivity index (χ1v) is 9.31. The van der Waals surface area contributed by atoms with Gasteiger partial charge in [-0.05, 0) is 37.5 Å². The van der Waals surface area contributed by atoms with Crippen LogP contribution in [-0.2, 0) is 16.1 Å². The first-order valence-electron chi connectivity index (χ1n) is 9.31. The minimum Gasteiger partial charge on any atom is -0.445 e. The molecule has 0 spiro atoms. The number of para-hydroxylation sites is 1. The van der Waals surface area contributed by atoms with E-state index < -0.39 is 23.4 Å². The maximum atomic E-state index is 13.0. The predicted molar refractivity (Wildman–Crippen MR) is 109 cm³/mol. The minimum absolute atomic E-state index is 0.0909. The lowest BCUT2D eigenvalue weighted by Crippen LogP contribution is -2.53. The van der Waals surface area contributed by atoms with Gasteiger partial charge in [0, 0.05) is 6.54 Å². The van der Waals surface area contributed by atoms with Crippen LogP contribution in [0.4, 0.5) is 16.2 Å². The van der Waals surface area contributed by atoms with E-state index in [4.69, 9.17) is 16.2 Å². The normalized spacial score (nSPS) is 18.3. The third-order valence-electron chi connectivity index (χ3n) is 5.18. The minimum atomic E-state index is -1.09. The average Bonchev–Trinajstić information content (AvgIpc) is 3.11. The topological polar surface area (TPSA) is 128 Å². The van der Waals surface area contributed by atoms with Gasteiger partial charge in [0.05, 0.1) is 16.9 Å². The second kappa shape index (κ2) is 8.22. The molecule has 0 bridgehead atoms. The molecular weight excluding hydrogens is 372 g/mol. The molecule has 152 valence electrons. The number of rotatable bonds is 5. The molecular formula is C21H24N4O4. The summed E-state index contributed by atoms with van der Waals surface area (Å²) >= 11 is 0. The predicted octanol–water partition coefficient (Wildman–Crippen LogP) is 2.50. The Morgan fingerprint density at radius 3 is 2.55 bits per heavy atom. The number of amides is 3. The van der Waals surface area contributed by atoms with Crippen LogP contribution in [-0.4, -0.2) is 34.9 Å². The second-order valence-corrected chi connectivity index (χ2v) is 7.15. The maximum Gasteiger partial charge on any atom is 0.410 e. The van der Waals surface area contributed by atoms with Gasteiger partial charge in [0.2, 0.25) is 5.91 Å². The number of likely N-dealkylation sites (tertiary alicyclic amines) is 1. The molecule has 0 unspecified atom stereocenters. The molecule has 1 heterocycles. The molecule has 1 aliphatic rings. The Morgan fingerprint density at radius 1 is 1.14 bits per heavy atom. The SMILES string of the molecule is C[C@]1(C(=O)Nc2cccc(C(N)=O)c2N)CCCN1C(=O)OCc1ccccc1. The number of nitrogens with one attached hydrogen (secondary N) is 1. The summed E-state index contributed by atoms with van der Waals surface area (Å²) in [6.07, 6.45) is 0.596. The molecule has 1 aliphatic heterocycles. The molecule has 2 aromatic carbocycles. The first kappa shape index (κ1) is 20.2. The highest BCUT2D eigenvalue weighted by atomic mass is 16.6. The maximum absolute atomic E-state index is 13.0. The summed E-state index contributed by atoms with van der Waals surface area (Å²) in [6, 6.07) is 14.0. The van der Waals surface area contributed by atoms with Crippen LogP contribution in [0.25, 0.3) is 0 Å². The standard InChI is InChI=1S/C21H24N4O4/c1-21(19(27)24-16-10-5-9-15(17(16)22)18(23)26)11-6-12-25(21)20(28)29-13-14-7-3-2-4-8-14/h2-5,7-10H,6,11-13,22H2,1H3,(H2,23,26)(H,24,27)/t21-/m1/s1. The Kier molecular flexibility index (Phi) is 5.72. The summed E-state index contributed by atoms with van der Waals surface area (Å²) in [4.78, 5) is 38.6. The van der Waals surface area contributed by atoms with Crippen LogP contribution in [0.3, 0.4) is 0 Å². The van der Waals surface area contributed by atoms with Crippen LogP contribution in [0.1, 0.15) is 35.7 Å². The summed E-state index contributed by atoms with van der Waals surface area (Å²) in [5, 5.41) is 2.73. The summed E-state index contributed by atoms with van der Waals surface area (Å²) < 4.78 is 5.40. The van der Waals surface area contributed by atoms with E-state index in [0.29, 0.717) is 19.4 Å². The Morgan fingerprint density at radius 2 is 1.86 bits per heavy atom. The van der Waals surface area contributed by atoms with Crippen molar-refractivity contribution in [2.75, 3.05) is 17.6 Å². The zero-order valence-corrected chi connectivity index (χ0v) is 16.2. The average molecular weight is 396 g/mol. The fourth-order valence-corrected chi connectivity index (χ4v) is 3.44. The summed E-state index contributed by atoms with van der Waals surface area (Å²) in [5.74, 6) is -1.09. The number of nitrogens with two attached hydrogens (primary N) is 2. The van der Waals surface area contributed by atoms with Crippen LogP contribution in [0.2, 0.25) is 0 Å². The van der Waals surface area contributed by atoms with Gasteiger partial charge in [-0.25, -0.2) is 4.79 Å². The molecule has 1 saturated heterocycles. The fourth-order valence-electron chi connectivity index (χ4n) is 3.44. The number of primary amides is 1. The monoisotopic (exact) mass is 396 g/mol. The van der Waals surface area contributed by atoms with Crippen molar-refractivity contribution >= 4 is 29.3 Å². The van der Waals surface area contributed by atoms with Gasteiger partial charge >= 0.3 is 6.09 Å². The summed E-state index contributed by atoms with van der Waals surface area (Å²) in [7, 11) is 0. The zero-order chi connectivity index (χ0) is 21.0. The van der Waals surface area contributed by atoms with Gasteiger partial charge < -0.3 is 21.5 Å². The van der Waals surface area contributed by atoms with Crippen molar-refractivity contribution in [2.24, 2.45) is 5.73 Å². The molecule has 1 fully saturated rings. The molecule has 5 N–H and O–H groups in total. The van der Waals surface area contributed by atoms with Gasteiger partial charge in [-0.1, -0.05) is 36.4 Å². The van der Waals surface area contributed by atoms with Crippen molar-refractivity contribution in [3.63, 3.8) is 0 Å². The third-order valence-corrected chi connectivity index (χ3v) is 5.18. The van der Waals surface area contributed by atoms with Gasteiger partial charge in [0.1, 0.15) is 12.1 Å². The van der Waals surface area contributed by atoms with E-state index >= 15 is 0 Å². The summed E-state index contributed by atoms with van der Waals surface area (Å²) in [5.41, 5.74) is 11.5. The zero-order valence-electron chi connectivity index (χ0n) is 16.2. The number of benzene rings is 2. The highest BCUT2D eigenvalue weighted by molar-refractivity contribution is 6.06. The highest BCUT2D eigenvalue weighted by Gasteiger charge is 2.46. The molecule has 3 amide bonds. The molecule has 3 rings (SSSR count). The largest absolute Gasteiger partial charge is 0.445 e. The highest BCUT2D eigenvalue weighted by Crippen LogP contribution is 2.32. The molecule has 0 saturated carbocycles. The molecule has 8 heteroatoms. The molecule has 8 nitrogen and oxygen atoms in total. The number of carbonyl (C=O) groups is 3. The first-order chi connectivity index (χ1) is 13.8. The lowest BCUT2D eigenvalue weighted by molar-refractivity contribution is -0.125. The molecule has 1 atom stereocenters. The van der Waals surface area contributed by atoms with Crippen LogP contribution in [0, 0.1) is 0 Å². The Labute approximate surface area is 168 Å². The molecule has 0 aromatic heterocycles. The smallest absolute Gasteiger partial charge is 0.410 e. The molecule has 2 aromatic rings. The van der Waals surface area contributed by atoms with E-state index in [2.05, 4.69) is 5.32 Å². The van der Waals surface area contributed by atoms with E-state index in [1.165, 1.54) is 11.0 Å². The van der Waals surface area contributed by atoms with Crippen LogP contribution < -0.4 is 16.8 Å². The lowest BCUT2D eigenvalue weighted by atomic mass is 9.97. The molecule has 29 heavy (non-hydrogen) atoms. The molecule has 0 aliphatic carbocycles. The van der Waals surface area contributed by atoms with E-state index in [1.54, 1.807) is 19.1 Å². The van der Waals surface area contributed by atoms with Crippen molar-refractivity contribution in [2.45, 2.75) is 31.9 Å². The van der Waals surface area contributed by atoms with E-state index in [9.17, 15) is 14.4 Å². The van der Waals surface area contributed by atoms with Gasteiger partial charge in [-0.2, -0.15) is 0 Å². The van der Waals surface area contributed by atoms with Crippen LogP contribution in [0.5, 0.6) is 0 Å². The van der Waals surface area contributed by atoms with Gasteiger partial charge in [-0.3, -0.25) is 14.5 Å². The number of anilines is 2. The number of carbonyl (C=O) groups excluding carboxylic acids is 3. The van der Waals surface area contributed by atoms with Crippen molar-refractivity contribution in [1.82, 2.24) is 4.90 Å². The number of ether oxygens (including phenoxy) is 1. The second-order valence-electron chi connectivity index (χ2n) is 7.15. The van der Waals surface area contributed by atoms with Crippen molar-refractivity contribution in [3.05, 3.63) is 59.7 Å². The van der Waals surface area contributed by atoms with Gasteiger partial charge in [0.25, 0.3) is 5.91 Å². The number of nitrogen functional groups attached to an aromatic ring is 1.